The van der Waals surface area contributed by atoms with Crippen molar-refractivity contribution in [1.29, 1.82) is 5.26 Å². The summed E-state index contributed by atoms with van der Waals surface area (Å²) in [7, 11) is 0. The van der Waals surface area contributed by atoms with Crippen LogP contribution in [0.25, 0.3) is 16.5 Å². The molecule has 0 unspecified atom stereocenters. The predicted molar refractivity (Wildman–Crippen MR) is 139 cm³/mol. The quantitative estimate of drug-likeness (QED) is 0.327. The van der Waals surface area contributed by atoms with Crippen molar-refractivity contribution in [2.24, 2.45) is 0 Å². The topological polar surface area (TPSA) is 52.9 Å². The SMILES string of the molecule is CC(C)c1ccc(Sc2ccc3c4c(cccc24)C(=O)C(C#N)=C3NCc2ccccc2)cc1. The zero-order valence-electron chi connectivity index (χ0n) is 19.1. The highest BCUT2D eigenvalue weighted by molar-refractivity contribution is 7.99. The Morgan fingerprint density at radius 2 is 1.65 bits per heavy atom. The summed E-state index contributed by atoms with van der Waals surface area (Å²) in [6.07, 6.45) is 0. The summed E-state index contributed by atoms with van der Waals surface area (Å²) in [5.41, 5.74) is 4.67. The molecule has 0 aliphatic heterocycles. The molecule has 0 heterocycles. The summed E-state index contributed by atoms with van der Waals surface area (Å²) in [5, 5.41) is 15.2. The molecular formula is C30H24N2OS. The van der Waals surface area contributed by atoms with E-state index >= 15 is 0 Å². The molecule has 0 amide bonds. The Morgan fingerprint density at radius 3 is 2.35 bits per heavy atom. The predicted octanol–water partition coefficient (Wildman–Crippen LogP) is 7.34. The largest absolute Gasteiger partial charge is 0.379 e. The van der Waals surface area contributed by atoms with Gasteiger partial charge >= 0.3 is 0 Å². The maximum Gasteiger partial charge on any atom is 0.206 e. The molecule has 5 rings (SSSR count). The Hall–Kier alpha value is -3.81. The van der Waals surface area contributed by atoms with E-state index in [1.807, 2.05) is 48.5 Å². The fraction of sp³-hybridized carbons (Fsp3) is 0.133. The lowest BCUT2D eigenvalue weighted by Gasteiger charge is -2.22. The first-order valence-corrected chi connectivity index (χ1v) is 12.2. The molecule has 1 aliphatic rings. The second-order valence-electron chi connectivity index (χ2n) is 8.70. The van der Waals surface area contributed by atoms with E-state index in [4.69, 9.17) is 0 Å². The van der Waals surface area contributed by atoms with Crippen molar-refractivity contribution in [2.75, 3.05) is 0 Å². The Morgan fingerprint density at radius 1 is 0.882 bits per heavy atom. The minimum atomic E-state index is -0.223. The molecule has 3 nitrogen and oxygen atoms in total. The standard InChI is InChI=1S/C30H24N2OS/c1-19(2)21-11-13-22(14-12-21)34-27-16-15-24-28-23(27)9-6-10-25(28)30(33)26(17-31)29(24)32-18-20-7-4-3-5-8-20/h3-16,19,32H,18H2,1-2H3. The lowest BCUT2D eigenvalue weighted by atomic mass is 9.86. The number of carbonyl (C=O) groups excluding carboxylic acids is 1. The number of rotatable bonds is 6. The summed E-state index contributed by atoms with van der Waals surface area (Å²) in [6, 6.07) is 30.7. The summed E-state index contributed by atoms with van der Waals surface area (Å²) in [6.45, 7) is 4.92. The first kappa shape index (κ1) is 22.0. The number of carbonyl (C=O) groups is 1. The summed E-state index contributed by atoms with van der Waals surface area (Å²) < 4.78 is 0. The first-order valence-electron chi connectivity index (χ1n) is 11.4. The average Bonchev–Trinajstić information content (AvgIpc) is 2.87. The number of allylic oxidation sites excluding steroid dienone is 1. The van der Waals surface area contributed by atoms with Gasteiger partial charge in [0.15, 0.2) is 0 Å². The van der Waals surface area contributed by atoms with E-state index in [9.17, 15) is 10.1 Å². The normalized spacial score (nSPS) is 12.8. The molecule has 0 bridgehead atoms. The number of nitriles is 1. The molecule has 0 fully saturated rings. The van der Waals surface area contributed by atoms with Gasteiger partial charge in [-0.15, -0.1) is 0 Å². The number of hydrogen-bond donors (Lipinski definition) is 1. The molecule has 0 saturated carbocycles. The van der Waals surface area contributed by atoms with E-state index in [-0.39, 0.29) is 11.4 Å². The van der Waals surface area contributed by atoms with Gasteiger partial charge in [-0.05, 0) is 40.6 Å². The minimum absolute atomic E-state index is 0.167. The van der Waals surface area contributed by atoms with Crippen LogP contribution < -0.4 is 5.32 Å². The molecular weight excluding hydrogens is 436 g/mol. The van der Waals surface area contributed by atoms with Gasteiger partial charge in [-0.25, -0.2) is 0 Å². The molecule has 0 spiro atoms. The summed E-state index contributed by atoms with van der Waals surface area (Å²) >= 11 is 1.70. The van der Waals surface area contributed by atoms with E-state index in [0.29, 0.717) is 23.7 Å². The van der Waals surface area contributed by atoms with Crippen LogP contribution in [-0.2, 0) is 6.54 Å². The lowest BCUT2D eigenvalue weighted by Crippen LogP contribution is -2.21. The van der Waals surface area contributed by atoms with Gasteiger partial charge in [0.1, 0.15) is 11.6 Å². The molecule has 0 saturated heterocycles. The molecule has 0 radical (unpaired) electrons. The molecule has 0 aromatic heterocycles. The monoisotopic (exact) mass is 460 g/mol. The van der Waals surface area contributed by atoms with Crippen LogP contribution in [0.2, 0.25) is 0 Å². The molecule has 1 aliphatic carbocycles. The van der Waals surface area contributed by atoms with Crippen LogP contribution in [0.1, 0.15) is 46.8 Å². The number of nitrogens with one attached hydrogen (secondary N) is 1. The third-order valence-electron chi connectivity index (χ3n) is 6.19. The number of benzene rings is 4. The smallest absolute Gasteiger partial charge is 0.206 e. The van der Waals surface area contributed by atoms with Gasteiger partial charge in [-0.2, -0.15) is 5.26 Å². The molecule has 0 atom stereocenters. The second-order valence-corrected chi connectivity index (χ2v) is 9.81. The van der Waals surface area contributed by atoms with E-state index in [1.165, 1.54) is 5.56 Å². The molecule has 4 heteroatoms. The Balaban J connectivity index is 1.57. The van der Waals surface area contributed by atoms with E-state index in [0.717, 1.165) is 31.7 Å². The Bertz CT molecular complexity index is 1460. The van der Waals surface area contributed by atoms with E-state index < -0.39 is 0 Å². The zero-order valence-corrected chi connectivity index (χ0v) is 19.9. The molecule has 166 valence electrons. The lowest BCUT2D eigenvalue weighted by molar-refractivity contribution is 0.104. The molecule has 4 aromatic carbocycles. The highest BCUT2D eigenvalue weighted by Gasteiger charge is 2.28. The van der Waals surface area contributed by atoms with Gasteiger partial charge < -0.3 is 5.32 Å². The van der Waals surface area contributed by atoms with Gasteiger partial charge in [0.2, 0.25) is 5.78 Å². The van der Waals surface area contributed by atoms with Crippen LogP contribution in [0.4, 0.5) is 0 Å². The number of nitrogens with zero attached hydrogens (tertiary/aromatic N) is 1. The van der Waals surface area contributed by atoms with Gasteiger partial charge in [0.05, 0.1) is 5.70 Å². The van der Waals surface area contributed by atoms with E-state index in [1.54, 1.807) is 11.8 Å². The minimum Gasteiger partial charge on any atom is -0.379 e. The van der Waals surface area contributed by atoms with Crippen LogP contribution >= 0.6 is 11.8 Å². The van der Waals surface area contributed by atoms with Crippen molar-refractivity contribution in [3.8, 4) is 6.07 Å². The van der Waals surface area contributed by atoms with Crippen LogP contribution in [0, 0.1) is 11.3 Å². The van der Waals surface area contributed by atoms with Crippen LogP contribution in [0.15, 0.2) is 100 Å². The van der Waals surface area contributed by atoms with Gasteiger partial charge in [0, 0.05) is 32.8 Å². The van der Waals surface area contributed by atoms with Crippen molar-refractivity contribution in [3.63, 3.8) is 0 Å². The van der Waals surface area contributed by atoms with Crippen molar-refractivity contribution >= 4 is 34.0 Å². The summed E-state index contributed by atoms with van der Waals surface area (Å²) in [5.74, 6) is 0.271. The van der Waals surface area contributed by atoms with Crippen molar-refractivity contribution in [2.45, 2.75) is 36.1 Å². The molecule has 4 aromatic rings. The highest BCUT2D eigenvalue weighted by atomic mass is 32.2. The Kier molecular flexibility index (Phi) is 5.96. The van der Waals surface area contributed by atoms with Crippen molar-refractivity contribution in [1.82, 2.24) is 5.32 Å². The van der Waals surface area contributed by atoms with E-state index in [2.05, 4.69) is 61.6 Å². The van der Waals surface area contributed by atoms with Crippen LogP contribution in [-0.4, -0.2) is 5.78 Å². The summed E-state index contributed by atoms with van der Waals surface area (Å²) in [4.78, 5) is 15.5. The number of Topliss-reactive ketones (excluding diaryl/α,β-unsaturated/α-hetero) is 1. The van der Waals surface area contributed by atoms with Crippen molar-refractivity contribution < 1.29 is 4.79 Å². The molecule has 1 N–H and O–H groups in total. The maximum absolute atomic E-state index is 13.3. The van der Waals surface area contributed by atoms with Gasteiger partial charge in [-0.3, -0.25) is 4.79 Å². The average molecular weight is 461 g/mol. The van der Waals surface area contributed by atoms with Crippen LogP contribution in [0.3, 0.4) is 0 Å². The van der Waals surface area contributed by atoms with Gasteiger partial charge in [0.25, 0.3) is 0 Å². The van der Waals surface area contributed by atoms with Gasteiger partial charge in [-0.1, -0.05) is 92.3 Å². The van der Waals surface area contributed by atoms with Crippen LogP contribution in [0.5, 0.6) is 0 Å². The third kappa shape index (κ3) is 4.00. The fourth-order valence-electron chi connectivity index (χ4n) is 4.37. The number of hydrogen-bond acceptors (Lipinski definition) is 4. The second kappa shape index (κ2) is 9.21. The zero-order chi connectivity index (χ0) is 23.7. The maximum atomic E-state index is 13.3. The van der Waals surface area contributed by atoms with Crippen molar-refractivity contribution in [3.05, 3.63) is 113 Å². The highest BCUT2D eigenvalue weighted by Crippen LogP contribution is 2.41. The molecule has 34 heavy (non-hydrogen) atoms. The third-order valence-corrected chi connectivity index (χ3v) is 7.27. The Labute approximate surface area is 204 Å². The first-order chi connectivity index (χ1) is 16.6. The number of ketones is 1. The fourth-order valence-corrected chi connectivity index (χ4v) is 5.32.